The van der Waals surface area contributed by atoms with E-state index in [0.717, 1.165) is 28.4 Å². The molecule has 30 heavy (non-hydrogen) atoms. The van der Waals surface area contributed by atoms with Crippen LogP contribution >= 0.6 is 0 Å². The summed E-state index contributed by atoms with van der Waals surface area (Å²) < 4.78 is 10.7. The lowest BCUT2D eigenvalue weighted by Gasteiger charge is -2.18. The van der Waals surface area contributed by atoms with E-state index in [1.54, 1.807) is 4.90 Å². The topological polar surface area (TPSA) is 67.9 Å². The fourth-order valence-electron chi connectivity index (χ4n) is 3.87. The van der Waals surface area contributed by atoms with Gasteiger partial charge in [-0.15, -0.1) is 0 Å². The Balaban J connectivity index is 1.66. The van der Waals surface area contributed by atoms with Crippen LogP contribution in [0.1, 0.15) is 22.8 Å². The van der Waals surface area contributed by atoms with Gasteiger partial charge in [0.05, 0.1) is 12.2 Å². The standard InChI is InChI=1S/C24H24N2O4/c1-3-30-21-11-9-16-6-4-5-7-19(16)23(21)24(28)25-18-10-8-17-12-13-26(20(17)14-18)22(27)15-29-2/h4-11,14H,3,12-13,15H2,1-2H3,(H,25,28). The number of nitrogens with one attached hydrogen (secondary N) is 1. The molecule has 6 heteroatoms. The van der Waals surface area contributed by atoms with E-state index in [-0.39, 0.29) is 18.4 Å². The van der Waals surface area contributed by atoms with Gasteiger partial charge in [0, 0.05) is 25.0 Å². The third kappa shape index (κ3) is 3.74. The SMILES string of the molecule is CCOc1ccc2ccccc2c1C(=O)Nc1ccc2c(c1)N(C(=O)COC)CC2. The molecule has 1 aliphatic rings. The van der Waals surface area contributed by atoms with E-state index in [1.807, 2.05) is 61.5 Å². The molecule has 0 unspecified atom stereocenters. The summed E-state index contributed by atoms with van der Waals surface area (Å²) in [5.74, 6) is 0.210. The first-order valence-corrected chi connectivity index (χ1v) is 10.0. The maximum Gasteiger partial charge on any atom is 0.260 e. The highest BCUT2D eigenvalue weighted by Crippen LogP contribution is 2.33. The fourth-order valence-corrected chi connectivity index (χ4v) is 3.87. The molecule has 2 amide bonds. The molecule has 0 aromatic heterocycles. The number of carbonyl (C=O) groups excluding carboxylic acids is 2. The number of nitrogens with zero attached hydrogens (tertiary/aromatic N) is 1. The average Bonchev–Trinajstić information content (AvgIpc) is 3.17. The van der Waals surface area contributed by atoms with E-state index in [1.165, 1.54) is 7.11 Å². The normalized spacial score (nSPS) is 12.7. The van der Waals surface area contributed by atoms with E-state index in [9.17, 15) is 9.59 Å². The van der Waals surface area contributed by atoms with Crippen LogP contribution in [0.25, 0.3) is 10.8 Å². The number of amides is 2. The Kier molecular flexibility index (Phi) is 5.68. The van der Waals surface area contributed by atoms with E-state index >= 15 is 0 Å². The number of carbonyl (C=O) groups is 2. The quantitative estimate of drug-likeness (QED) is 0.674. The Morgan fingerprint density at radius 2 is 1.93 bits per heavy atom. The van der Waals surface area contributed by atoms with Crippen molar-refractivity contribution in [2.45, 2.75) is 13.3 Å². The van der Waals surface area contributed by atoms with Crippen LogP contribution in [0.5, 0.6) is 5.75 Å². The summed E-state index contributed by atoms with van der Waals surface area (Å²) >= 11 is 0. The number of fused-ring (bicyclic) bond motifs is 2. The maximum atomic E-state index is 13.3. The molecule has 0 spiro atoms. The Labute approximate surface area is 175 Å². The Hall–Kier alpha value is -3.38. The predicted octanol–water partition coefficient (Wildman–Crippen LogP) is 4.03. The molecule has 0 atom stereocenters. The number of hydrogen-bond acceptors (Lipinski definition) is 4. The van der Waals surface area contributed by atoms with Crippen molar-refractivity contribution in [3.63, 3.8) is 0 Å². The summed E-state index contributed by atoms with van der Waals surface area (Å²) in [4.78, 5) is 27.3. The zero-order valence-electron chi connectivity index (χ0n) is 17.1. The Morgan fingerprint density at radius 3 is 2.73 bits per heavy atom. The molecule has 0 fully saturated rings. The van der Waals surface area contributed by atoms with Gasteiger partial charge in [0.25, 0.3) is 11.8 Å². The first-order valence-electron chi connectivity index (χ1n) is 10.0. The zero-order valence-corrected chi connectivity index (χ0v) is 17.1. The lowest BCUT2D eigenvalue weighted by Crippen LogP contribution is -2.32. The molecule has 0 aliphatic carbocycles. The molecular weight excluding hydrogens is 380 g/mol. The highest BCUT2D eigenvalue weighted by molar-refractivity contribution is 6.15. The van der Waals surface area contributed by atoms with Gasteiger partial charge in [-0.05, 0) is 47.9 Å². The molecule has 0 saturated carbocycles. The summed E-state index contributed by atoms with van der Waals surface area (Å²) in [6.07, 6.45) is 0.789. The van der Waals surface area contributed by atoms with Crippen LogP contribution in [0, 0.1) is 0 Å². The van der Waals surface area contributed by atoms with Crippen LogP contribution in [0.15, 0.2) is 54.6 Å². The summed E-state index contributed by atoms with van der Waals surface area (Å²) in [6.45, 7) is 3.01. The van der Waals surface area contributed by atoms with Gasteiger partial charge < -0.3 is 19.7 Å². The van der Waals surface area contributed by atoms with E-state index < -0.39 is 0 Å². The van der Waals surface area contributed by atoms with Gasteiger partial charge in [0.2, 0.25) is 0 Å². The number of hydrogen-bond donors (Lipinski definition) is 1. The number of anilines is 2. The molecule has 1 heterocycles. The van der Waals surface area contributed by atoms with Crippen LogP contribution in [-0.2, 0) is 16.0 Å². The average molecular weight is 404 g/mol. The van der Waals surface area contributed by atoms with Gasteiger partial charge in [-0.2, -0.15) is 0 Å². The minimum absolute atomic E-state index is 0.0315. The van der Waals surface area contributed by atoms with Crippen LogP contribution in [-0.4, -0.2) is 38.7 Å². The molecule has 0 saturated heterocycles. The van der Waals surface area contributed by atoms with E-state index in [4.69, 9.17) is 9.47 Å². The van der Waals surface area contributed by atoms with Crippen LogP contribution < -0.4 is 15.0 Å². The lowest BCUT2D eigenvalue weighted by atomic mass is 10.0. The molecule has 3 aromatic rings. The number of rotatable bonds is 6. The number of ether oxygens (including phenoxy) is 2. The van der Waals surface area contributed by atoms with Gasteiger partial charge in [0.1, 0.15) is 12.4 Å². The summed E-state index contributed by atoms with van der Waals surface area (Å²) in [5.41, 5.74) is 3.03. The minimum atomic E-state index is -0.247. The van der Waals surface area contributed by atoms with Gasteiger partial charge in [-0.1, -0.05) is 36.4 Å². The van der Waals surface area contributed by atoms with E-state index in [2.05, 4.69) is 5.32 Å². The van der Waals surface area contributed by atoms with Gasteiger partial charge in [-0.25, -0.2) is 0 Å². The second-order valence-corrected chi connectivity index (χ2v) is 7.12. The third-order valence-electron chi connectivity index (χ3n) is 5.23. The van der Waals surface area contributed by atoms with Crippen LogP contribution in [0.3, 0.4) is 0 Å². The van der Waals surface area contributed by atoms with Crippen molar-refractivity contribution < 1.29 is 19.1 Å². The molecule has 154 valence electrons. The third-order valence-corrected chi connectivity index (χ3v) is 5.23. The van der Waals surface area contributed by atoms with E-state index in [0.29, 0.717) is 30.2 Å². The van der Waals surface area contributed by atoms with Crippen LogP contribution in [0.2, 0.25) is 0 Å². The molecule has 6 nitrogen and oxygen atoms in total. The lowest BCUT2D eigenvalue weighted by molar-refractivity contribution is -0.122. The smallest absolute Gasteiger partial charge is 0.260 e. The van der Waals surface area contributed by atoms with Crippen molar-refractivity contribution in [1.29, 1.82) is 0 Å². The highest BCUT2D eigenvalue weighted by Gasteiger charge is 2.25. The largest absolute Gasteiger partial charge is 0.493 e. The van der Waals surface area contributed by atoms with Gasteiger partial charge >= 0.3 is 0 Å². The molecular formula is C24H24N2O4. The fraction of sp³-hybridized carbons (Fsp3) is 0.250. The monoisotopic (exact) mass is 404 g/mol. The summed E-state index contributed by atoms with van der Waals surface area (Å²) in [5, 5.41) is 4.78. The molecule has 0 radical (unpaired) electrons. The molecule has 3 aromatic carbocycles. The Bertz CT molecular complexity index is 1110. The zero-order chi connectivity index (χ0) is 21.1. The number of benzene rings is 3. The van der Waals surface area contributed by atoms with Gasteiger partial charge in [-0.3, -0.25) is 9.59 Å². The second kappa shape index (κ2) is 8.55. The maximum absolute atomic E-state index is 13.3. The minimum Gasteiger partial charge on any atom is -0.493 e. The first-order chi connectivity index (χ1) is 14.6. The van der Waals surface area contributed by atoms with Gasteiger partial charge in [0.15, 0.2) is 0 Å². The number of methoxy groups -OCH3 is 1. The second-order valence-electron chi connectivity index (χ2n) is 7.12. The van der Waals surface area contributed by atoms with Crippen molar-refractivity contribution in [3.05, 3.63) is 65.7 Å². The molecule has 1 N–H and O–H groups in total. The molecule has 1 aliphatic heterocycles. The predicted molar refractivity (Wildman–Crippen MR) is 117 cm³/mol. The first kappa shape index (κ1) is 19.9. The summed E-state index contributed by atoms with van der Waals surface area (Å²) in [6, 6.07) is 17.2. The summed E-state index contributed by atoms with van der Waals surface area (Å²) in [7, 11) is 1.51. The Morgan fingerprint density at radius 1 is 1.10 bits per heavy atom. The molecule has 0 bridgehead atoms. The van der Waals surface area contributed by atoms with Crippen molar-refractivity contribution >= 4 is 34.0 Å². The van der Waals surface area contributed by atoms with Crippen LogP contribution in [0.4, 0.5) is 11.4 Å². The van der Waals surface area contributed by atoms with Crippen molar-refractivity contribution in [2.24, 2.45) is 0 Å². The van der Waals surface area contributed by atoms with Crippen molar-refractivity contribution in [1.82, 2.24) is 0 Å². The highest BCUT2D eigenvalue weighted by atomic mass is 16.5. The van der Waals surface area contributed by atoms with Crippen molar-refractivity contribution in [3.8, 4) is 5.75 Å². The molecule has 4 rings (SSSR count). The van der Waals surface area contributed by atoms with Crippen molar-refractivity contribution in [2.75, 3.05) is 37.1 Å².